The molecule has 4 N–H and O–H groups in total. The van der Waals surface area contributed by atoms with E-state index in [9.17, 15) is 10.2 Å². The zero-order chi connectivity index (χ0) is 21.2. The summed E-state index contributed by atoms with van der Waals surface area (Å²) < 4.78 is 5.89. The first kappa shape index (κ1) is 23.6. The van der Waals surface area contributed by atoms with Crippen LogP contribution in [-0.4, -0.2) is 43.6 Å². The van der Waals surface area contributed by atoms with Crippen molar-refractivity contribution >= 4 is 8.07 Å². The molecule has 0 unspecified atom stereocenters. The maximum absolute atomic E-state index is 9.27. The molecule has 29 heavy (non-hydrogen) atoms. The number of aryl methyl sites for hydroxylation is 1. The van der Waals surface area contributed by atoms with Crippen LogP contribution in [-0.2, 0) is 12.5 Å². The molecule has 0 aliphatic rings. The van der Waals surface area contributed by atoms with E-state index in [1.54, 1.807) is 0 Å². The van der Waals surface area contributed by atoms with Gasteiger partial charge in [0.05, 0.1) is 33.4 Å². The second kappa shape index (κ2) is 11.5. The summed E-state index contributed by atoms with van der Waals surface area (Å²) in [6.45, 7) is 5.27. The summed E-state index contributed by atoms with van der Waals surface area (Å²) in [4.78, 5) is 0. The van der Waals surface area contributed by atoms with Crippen LogP contribution in [0.15, 0.2) is 54.6 Å². The van der Waals surface area contributed by atoms with E-state index in [-0.39, 0.29) is 13.2 Å². The Hall–Kier alpha value is -1.66. The van der Waals surface area contributed by atoms with E-state index in [1.807, 2.05) is 24.3 Å². The molecule has 0 amide bonds. The van der Waals surface area contributed by atoms with Gasteiger partial charge in [0.1, 0.15) is 5.75 Å². The molecule has 160 valence electrons. The van der Waals surface area contributed by atoms with Crippen LogP contribution in [0.5, 0.6) is 5.75 Å². The lowest BCUT2D eigenvalue weighted by Gasteiger charge is -2.24. The second-order valence-corrected chi connectivity index (χ2v) is 14.1. The molecule has 0 heterocycles. The Morgan fingerprint density at radius 2 is 1.55 bits per heavy atom. The van der Waals surface area contributed by atoms with Crippen LogP contribution in [0, 0.1) is 0 Å². The fraction of sp³-hybridized carbons (Fsp3) is 0.500. The van der Waals surface area contributed by atoms with Gasteiger partial charge in [-0.1, -0.05) is 73.6 Å². The molecule has 5 heteroatoms. The molecule has 0 radical (unpaired) electrons. The average molecular weight is 416 g/mol. The minimum atomic E-state index is -1.21. The van der Waals surface area contributed by atoms with Gasteiger partial charge in [0.2, 0.25) is 0 Å². The van der Waals surface area contributed by atoms with Crippen LogP contribution < -0.4 is 10.5 Å². The lowest BCUT2D eigenvalue weighted by molar-refractivity contribution is 0.115. The molecule has 0 spiro atoms. The van der Waals surface area contributed by atoms with Gasteiger partial charge in [0.25, 0.3) is 0 Å². The lowest BCUT2D eigenvalue weighted by Crippen LogP contribution is -2.47. The van der Waals surface area contributed by atoms with Gasteiger partial charge in [0, 0.05) is 0 Å². The van der Waals surface area contributed by atoms with Gasteiger partial charge in [-0.05, 0) is 43.0 Å². The molecule has 0 saturated carbocycles. The van der Waals surface area contributed by atoms with Crippen molar-refractivity contribution in [1.29, 1.82) is 0 Å². The van der Waals surface area contributed by atoms with Crippen LogP contribution >= 0.6 is 0 Å². The lowest BCUT2D eigenvalue weighted by atomic mass is 9.94. The molecule has 2 aromatic rings. The van der Waals surface area contributed by atoms with Crippen LogP contribution in [0.4, 0.5) is 0 Å². The van der Waals surface area contributed by atoms with Gasteiger partial charge in [-0.2, -0.15) is 0 Å². The molecular weight excluding hydrogens is 378 g/mol. The topological polar surface area (TPSA) is 75.7 Å². The van der Waals surface area contributed by atoms with Gasteiger partial charge in [0.15, 0.2) is 0 Å². The van der Waals surface area contributed by atoms with E-state index in [4.69, 9.17) is 10.5 Å². The van der Waals surface area contributed by atoms with Gasteiger partial charge in [-0.3, -0.25) is 0 Å². The maximum atomic E-state index is 9.27. The number of hydrogen-bond acceptors (Lipinski definition) is 4. The van der Waals surface area contributed by atoms with Crippen LogP contribution in [0.2, 0.25) is 19.1 Å². The molecule has 2 aromatic carbocycles. The Balaban J connectivity index is 1.66. The summed E-state index contributed by atoms with van der Waals surface area (Å²) >= 11 is 0. The third-order valence-corrected chi connectivity index (χ3v) is 8.58. The van der Waals surface area contributed by atoms with Crippen molar-refractivity contribution in [3.05, 3.63) is 65.7 Å². The van der Waals surface area contributed by atoms with Crippen molar-refractivity contribution in [2.45, 2.75) is 56.4 Å². The van der Waals surface area contributed by atoms with Crippen molar-refractivity contribution < 1.29 is 14.9 Å². The standard InChI is InChI=1S/C24H37NO3Si/c1-29(2,18-22-8-4-3-5-9-22)17-7-6-16-28-23-12-10-21(11-13-23)14-15-24(25,19-26)20-27/h3-5,8-13,26-27H,6-7,14-20,25H2,1-2H3. The maximum Gasteiger partial charge on any atom is 0.119 e. The Labute approximate surface area is 176 Å². The number of rotatable bonds is 13. The minimum Gasteiger partial charge on any atom is -0.494 e. The summed E-state index contributed by atoms with van der Waals surface area (Å²) in [6.07, 6.45) is 3.56. The minimum absolute atomic E-state index is 0.213. The first-order chi connectivity index (χ1) is 13.9. The molecule has 0 fully saturated rings. The molecule has 0 bridgehead atoms. The zero-order valence-corrected chi connectivity index (χ0v) is 18.9. The summed E-state index contributed by atoms with van der Waals surface area (Å²) in [5, 5.41) is 18.5. The quantitative estimate of drug-likeness (QED) is 0.342. The number of unbranched alkanes of at least 4 members (excludes halogenated alkanes) is 1. The van der Waals surface area contributed by atoms with Crippen molar-refractivity contribution in [2.75, 3.05) is 19.8 Å². The van der Waals surface area contributed by atoms with Crippen LogP contribution in [0.1, 0.15) is 30.4 Å². The van der Waals surface area contributed by atoms with E-state index < -0.39 is 13.6 Å². The summed E-state index contributed by atoms with van der Waals surface area (Å²) in [5.74, 6) is 0.887. The van der Waals surface area contributed by atoms with Gasteiger partial charge in [-0.15, -0.1) is 0 Å². The molecule has 0 atom stereocenters. The number of ether oxygens (including phenoxy) is 1. The number of nitrogens with two attached hydrogens (primary N) is 1. The number of aliphatic hydroxyl groups is 2. The third-order valence-electron chi connectivity index (χ3n) is 5.51. The highest BCUT2D eigenvalue weighted by Crippen LogP contribution is 2.20. The largest absolute Gasteiger partial charge is 0.494 e. The molecule has 4 nitrogen and oxygen atoms in total. The fourth-order valence-corrected chi connectivity index (χ4v) is 6.21. The average Bonchev–Trinajstić information content (AvgIpc) is 2.73. The smallest absolute Gasteiger partial charge is 0.119 e. The van der Waals surface area contributed by atoms with E-state index in [0.29, 0.717) is 6.42 Å². The van der Waals surface area contributed by atoms with E-state index in [1.165, 1.54) is 24.1 Å². The van der Waals surface area contributed by atoms with E-state index >= 15 is 0 Å². The first-order valence-electron chi connectivity index (χ1n) is 10.6. The normalized spacial score (nSPS) is 12.2. The number of hydrogen-bond donors (Lipinski definition) is 3. The number of aliphatic hydroxyl groups excluding tert-OH is 2. The highest BCUT2D eigenvalue weighted by Gasteiger charge is 2.22. The monoisotopic (exact) mass is 415 g/mol. The van der Waals surface area contributed by atoms with Crippen LogP contribution in [0.3, 0.4) is 0 Å². The highest BCUT2D eigenvalue weighted by atomic mass is 28.3. The van der Waals surface area contributed by atoms with Crippen molar-refractivity contribution in [3.8, 4) is 5.75 Å². The SMILES string of the molecule is C[Si](C)(CCCCOc1ccc(CCC(N)(CO)CO)cc1)Cc1ccccc1. The third kappa shape index (κ3) is 8.70. The van der Waals surface area contributed by atoms with E-state index in [2.05, 4.69) is 43.4 Å². The highest BCUT2D eigenvalue weighted by molar-refractivity contribution is 6.76. The van der Waals surface area contributed by atoms with Crippen molar-refractivity contribution in [3.63, 3.8) is 0 Å². The van der Waals surface area contributed by atoms with Gasteiger partial charge >= 0.3 is 0 Å². The first-order valence-corrected chi connectivity index (χ1v) is 14.0. The second-order valence-electron chi connectivity index (χ2n) is 8.95. The Kier molecular flexibility index (Phi) is 9.37. The fourth-order valence-electron chi connectivity index (χ4n) is 3.49. The molecule has 0 aliphatic carbocycles. The molecule has 0 aliphatic heterocycles. The Morgan fingerprint density at radius 1 is 0.897 bits per heavy atom. The van der Waals surface area contributed by atoms with Gasteiger partial charge in [-0.25, -0.2) is 0 Å². The van der Waals surface area contributed by atoms with Gasteiger partial charge < -0.3 is 20.7 Å². The Bertz CT molecular complexity index is 700. The summed E-state index contributed by atoms with van der Waals surface area (Å²) in [5.41, 5.74) is 7.60. The molecule has 2 rings (SSSR count). The number of benzene rings is 2. The summed E-state index contributed by atoms with van der Waals surface area (Å²) in [7, 11) is -1.21. The van der Waals surface area contributed by atoms with Crippen molar-refractivity contribution in [2.24, 2.45) is 5.73 Å². The summed E-state index contributed by atoms with van der Waals surface area (Å²) in [6, 6.07) is 21.4. The predicted octanol–water partition coefficient (Wildman–Crippen LogP) is 3.95. The molecule has 0 saturated heterocycles. The zero-order valence-electron chi connectivity index (χ0n) is 17.9. The molecule has 0 aromatic heterocycles. The molecular formula is C24H37NO3Si. The predicted molar refractivity (Wildman–Crippen MR) is 123 cm³/mol. The van der Waals surface area contributed by atoms with Crippen LogP contribution in [0.25, 0.3) is 0 Å². The van der Waals surface area contributed by atoms with Crippen molar-refractivity contribution in [1.82, 2.24) is 0 Å². The Morgan fingerprint density at radius 3 is 2.17 bits per heavy atom. The van der Waals surface area contributed by atoms with E-state index in [0.717, 1.165) is 30.8 Å².